The second kappa shape index (κ2) is 7.12. The van der Waals surface area contributed by atoms with Gasteiger partial charge in [0.05, 0.1) is 21.7 Å². The number of pyridine rings is 1. The number of nitrogens with two attached hydrogens (primary N) is 1. The van der Waals surface area contributed by atoms with Crippen LogP contribution in [0.3, 0.4) is 0 Å². The van der Waals surface area contributed by atoms with Gasteiger partial charge in [-0.1, -0.05) is 13.8 Å². The van der Waals surface area contributed by atoms with Gasteiger partial charge in [0, 0.05) is 42.7 Å². The summed E-state index contributed by atoms with van der Waals surface area (Å²) in [5.41, 5.74) is 9.08. The topological polar surface area (TPSA) is 87.0 Å². The van der Waals surface area contributed by atoms with Gasteiger partial charge in [0.2, 0.25) is 5.91 Å². The number of anilines is 2. The third-order valence-electron chi connectivity index (χ3n) is 4.98. The zero-order valence-electron chi connectivity index (χ0n) is 15.4. The van der Waals surface area contributed by atoms with Crippen molar-refractivity contribution in [2.45, 2.75) is 55.7 Å². The maximum Gasteiger partial charge on any atom is 0.227 e. The molecule has 2 aliphatic rings. The number of carbonyl (C=O) groups is 1. The molecule has 2 aromatic heterocycles. The molecule has 0 aromatic carbocycles. The van der Waals surface area contributed by atoms with Crippen LogP contribution in [0.1, 0.15) is 39.5 Å². The number of aromatic amines is 1. The van der Waals surface area contributed by atoms with Crippen molar-refractivity contribution in [1.82, 2.24) is 9.97 Å². The molecular formula is C19H27N5OS. The lowest BCUT2D eigenvalue weighted by Gasteiger charge is -2.34. The average molecular weight is 374 g/mol. The third kappa shape index (κ3) is 3.55. The highest BCUT2D eigenvalue weighted by Crippen LogP contribution is 2.42. The largest absolute Gasteiger partial charge is 0.368 e. The number of H-pyrrole nitrogens is 1. The Kier molecular flexibility index (Phi) is 4.84. The maximum atomic E-state index is 12.3. The van der Waals surface area contributed by atoms with Crippen LogP contribution in [0.2, 0.25) is 0 Å². The molecule has 2 aromatic rings. The van der Waals surface area contributed by atoms with Gasteiger partial charge in [0.25, 0.3) is 0 Å². The van der Waals surface area contributed by atoms with Crippen molar-refractivity contribution in [3.8, 4) is 0 Å². The summed E-state index contributed by atoms with van der Waals surface area (Å²) in [6.07, 6.45) is 7.96. The van der Waals surface area contributed by atoms with E-state index in [1.165, 1.54) is 0 Å². The number of nitrogens with zero attached hydrogens (tertiary/aromatic N) is 2. The van der Waals surface area contributed by atoms with Gasteiger partial charge in [-0.15, -0.1) is 11.8 Å². The average Bonchev–Trinajstić information content (AvgIpc) is 3.37. The molecule has 6 nitrogen and oxygen atoms in total. The number of nitrogens with one attached hydrogen (secondary N) is 2. The SMILES string of the molecule is CC(C)Sc1cnc2[nH]cc(NC(=O)C3CC3)c2c1N1CCCC(N)C1. The van der Waals surface area contributed by atoms with E-state index in [9.17, 15) is 4.79 Å². The predicted molar refractivity (Wildman–Crippen MR) is 108 cm³/mol. The summed E-state index contributed by atoms with van der Waals surface area (Å²) in [5, 5.41) is 4.59. The van der Waals surface area contributed by atoms with E-state index in [1.807, 2.05) is 24.2 Å². The van der Waals surface area contributed by atoms with Crippen molar-refractivity contribution in [2.24, 2.45) is 11.7 Å². The minimum absolute atomic E-state index is 0.120. The molecule has 0 radical (unpaired) electrons. The van der Waals surface area contributed by atoms with Gasteiger partial charge >= 0.3 is 0 Å². The molecule has 1 amide bonds. The Morgan fingerprint density at radius 3 is 2.92 bits per heavy atom. The van der Waals surface area contributed by atoms with Gasteiger partial charge in [-0.25, -0.2) is 4.98 Å². The van der Waals surface area contributed by atoms with E-state index in [0.717, 1.165) is 66.1 Å². The highest BCUT2D eigenvalue weighted by atomic mass is 32.2. The van der Waals surface area contributed by atoms with Gasteiger partial charge in [-0.3, -0.25) is 4.79 Å². The Morgan fingerprint density at radius 2 is 2.23 bits per heavy atom. The minimum atomic E-state index is 0.120. The molecule has 1 aliphatic carbocycles. The number of hydrogen-bond acceptors (Lipinski definition) is 5. The molecule has 26 heavy (non-hydrogen) atoms. The van der Waals surface area contributed by atoms with Gasteiger partial charge in [-0.2, -0.15) is 0 Å². The number of rotatable bonds is 5. The maximum absolute atomic E-state index is 12.3. The fraction of sp³-hybridized carbons (Fsp3) is 0.579. The lowest BCUT2D eigenvalue weighted by molar-refractivity contribution is -0.117. The van der Waals surface area contributed by atoms with Crippen LogP contribution in [0.4, 0.5) is 11.4 Å². The number of carbonyl (C=O) groups excluding carboxylic acids is 1. The van der Waals surface area contributed by atoms with E-state index >= 15 is 0 Å². The standard InChI is InChI=1S/C19H27N5OS/c1-11(2)26-15-9-22-18-16(17(15)24-7-3-4-13(20)10-24)14(8-21-18)23-19(25)12-5-6-12/h8-9,11-13H,3-7,10,20H2,1-2H3,(H,21,22)(H,23,25). The van der Waals surface area contributed by atoms with E-state index in [0.29, 0.717) is 5.25 Å². The summed E-state index contributed by atoms with van der Waals surface area (Å²) >= 11 is 1.81. The molecule has 4 rings (SSSR count). The van der Waals surface area contributed by atoms with E-state index in [2.05, 4.69) is 34.0 Å². The molecule has 2 fully saturated rings. The Hall–Kier alpha value is -1.73. The van der Waals surface area contributed by atoms with Crippen molar-refractivity contribution in [2.75, 3.05) is 23.3 Å². The quantitative estimate of drug-likeness (QED) is 0.700. The predicted octanol–water partition coefficient (Wildman–Crippen LogP) is 3.34. The second-order valence-corrected chi connectivity index (χ2v) is 9.29. The first-order valence-corrected chi connectivity index (χ1v) is 10.4. The summed E-state index contributed by atoms with van der Waals surface area (Å²) in [5.74, 6) is 0.294. The van der Waals surface area contributed by atoms with Crippen LogP contribution in [0, 0.1) is 5.92 Å². The third-order valence-corrected chi connectivity index (χ3v) is 6.01. The lowest BCUT2D eigenvalue weighted by atomic mass is 10.1. The minimum Gasteiger partial charge on any atom is -0.368 e. The van der Waals surface area contributed by atoms with Crippen LogP contribution < -0.4 is 16.0 Å². The Labute approximate surface area is 158 Å². The number of piperidine rings is 1. The second-order valence-electron chi connectivity index (χ2n) is 7.68. The molecule has 140 valence electrons. The van der Waals surface area contributed by atoms with Crippen LogP contribution in [-0.4, -0.2) is 40.3 Å². The van der Waals surface area contributed by atoms with Crippen LogP contribution >= 0.6 is 11.8 Å². The van der Waals surface area contributed by atoms with Gasteiger partial charge in [0.15, 0.2) is 0 Å². The highest BCUT2D eigenvalue weighted by Gasteiger charge is 2.31. The van der Waals surface area contributed by atoms with Crippen molar-refractivity contribution >= 4 is 40.1 Å². The van der Waals surface area contributed by atoms with Gasteiger partial charge in [-0.05, 0) is 25.7 Å². The molecule has 0 bridgehead atoms. The molecule has 1 atom stereocenters. The van der Waals surface area contributed by atoms with Crippen molar-refractivity contribution in [3.05, 3.63) is 12.4 Å². The monoisotopic (exact) mass is 373 g/mol. The van der Waals surface area contributed by atoms with Crippen LogP contribution in [0.25, 0.3) is 11.0 Å². The zero-order valence-corrected chi connectivity index (χ0v) is 16.2. The molecule has 0 spiro atoms. The van der Waals surface area contributed by atoms with Crippen LogP contribution in [-0.2, 0) is 4.79 Å². The fourth-order valence-corrected chi connectivity index (χ4v) is 4.57. The Bertz CT molecular complexity index is 814. The van der Waals surface area contributed by atoms with Gasteiger partial charge in [0.1, 0.15) is 5.65 Å². The molecule has 7 heteroatoms. The molecular weight excluding hydrogens is 346 g/mol. The summed E-state index contributed by atoms with van der Waals surface area (Å²) in [4.78, 5) is 23.7. The van der Waals surface area contributed by atoms with E-state index in [-0.39, 0.29) is 17.9 Å². The molecule has 1 unspecified atom stereocenters. The van der Waals surface area contributed by atoms with E-state index in [4.69, 9.17) is 5.73 Å². The molecule has 1 aliphatic heterocycles. The summed E-state index contributed by atoms with van der Waals surface area (Å²) < 4.78 is 0. The zero-order chi connectivity index (χ0) is 18.3. The smallest absolute Gasteiger partial charge is 0.227 e. The number of fused-ring (bicyclic) bond motifs is 1. The fourth-order valence-electron chi connectivity index (χ4n) is 3.61. The highest BCUT2D eigenvalue weighted by molar-refractivity contribution is 8.00. The van der Waals surface area contributed by atoms with E-state index in [1.54, 1.807) is 0 Å². The molecule has 1 saturated carbocycles. The van der Waals surface area contributed by atoms with Crippen LogP contribution in [0.5, 0.6) is 0 Å². The number of amides is 1. The first-order valence-electron chi connectivity index (χ1n) is 9.51. The first-order chi connectivity index (χ1) is 12.5. The summed E-state index contributed by atoms with van der Waals surface area (Å²) in [6, 6.07) is 0.187. The lowest BCUT2D eigenvalue weighted by Crippen LogP contribution is -2.43. The summed E-state index contributed by atoms with van der Waals surface area (Å²) in [6.45, 7) is 6.20. The number of aromatic nitrogens is 2. The van der Waals surface area contributed by atoms with Crippen molar-refractivity contribution in [1.29, 1.82) is 0 Å². The Balaban J connectivity index is 1.79. The van der Waals surface area contributed by atoms with E-state index < -0.39 is 0 Å². The number of hydrogen-bond donors (Lipinski definition) is 3. The molecule has 4 N–H and O–H groups in total. The normalized spacial score (nSPS) is 20.8. The molecule has 3 heterocycles. The van der Waals surface area contributed by atoms with Gasteiger partial charge < -0.3 is 20.9 Å². The van der Waals surface area contributed by atoms with Crippen molar-refractivity contribution < 1.29 is 4.79 Å². The van der Waals surface area contributed by atoms with Crippen molar-refractivity contribution in [3.63, 3.8) is 0 Å². The first kappa shape index (κ1) is 17.7. The van der Waals surface area contributed by atoms with Crippen LogP contribution in [0.15, 0.2) is 17.3 Å². The molecule has 1 saturated heterocycles. The Morgan fingerprint density at radius 1 is 1.42 bits per heavy atom. The number of thioether (sulfide) groups is 1. The summed E-state index contributed by atoms with van der Waals surface area (Å²) in [7, 11) is 0.